The lowest BCUT2D eigenvalue weighted by molar-refractivity contribution is 0.769. The van der Waals surface area contributed by atoms with Crippen molar-refractivity contribution in [3.05, 3.63) is 320 Å². The summed E-state index contributed by atoms with van der Waals surface area (Å²) in [5.74, 6) is 0. The van der Waals surface area contributed by atoms with Gasteiger partial charge in [-0.15, -0.1) is 0 Å². The summed E-state index contributed by atoms with van der Waals surface area (Å²) in [6, 6.07) is 109. The minimum Gasteiger partial charge on any atom is -0.310 e. The monoisotopic (exact) mass is 915 g/mol. The lowest BCUT2D eigenvalue weighted by atomic mass is 9.67. The Kier molecular flexibility index (Phi) is 10.8. The summed E-state index contributed by atoms with van der Waals surface area (Å²) in [6.45, 7) is 0. The Hall–Kier alpha value is -9.30. The van der Waals surface area contributed by atoms with Crippen molar-refractivity contribution >= 4 is 27.8 Å². The first-order chi connectivity index (χ1) is 35.7. The van der Waals surface area contributed by atoms with E-state index < -0.39 is 5.41 Å². The van der Waals surface area contributed by atoms with Crippen LogP contribution in [0.1, 0.15) is 22.3 Å². The highest BCUT2D eigenvalue weighted by Gasteiger charge is 2.46. The van der Waals surface area contributed by atoms with Crippen LogP contribution in [0.3, 0.4) is 0 Å². The number of hydrogen-bond donors (Lipinski definition) is 0. The fourth-order valence-corrected chi connectivity index (χ4v) is 11.4. The molecule has 0 bridgehead atoms. The van der Waals surface area contributed by atoms with Gasteiger partial charge >= 0.3 is 0 Å². The first-order valence-corrected chi connectivity index (χ1v) is 24.9. The summed E-state index contributed by atoms with van der Waals surface area (Å²) < 4.78 is 0. The average molecular weight is 916 g/mol. The molecule has 0 radical (unpaired) electrons. The summed E-state index contributed by atoms with van der Waals surface area (Å²) in [7, 11) is 0. The molecule has 1 aliphatic carbocycles. The van der Waals surface area contributed by atoms with Gasteiger partial charge in [0.15, 0.2) is 0 Å². The Morgan fingerprint density at radius 1 is 0.222 bits per heavy atom. The maximum atomic E-state index is 2.45. The van der Waals surface area contributed by atoms with Gasteiger partial charge in [-0.3, -0.25) is 0 Å². The highest BCUT2D eigenvalue weighted by molar-refractivity contribution is 5.97. The maximum Gasteiger partial charge on any atom is 0.0713 e. The van der Waals surface area contributed by atoms with Crippen molar-refractivity contribution in [2.75, 3.05) is 4.90 Å². The first-order valence-electron chi connectivity index (χ1n) is 24.9. The fraction of sp³-hybridized carbons (Fsp3) is 0.0141. The van der Waals surface area contributed by atoms with Crippen LogP contribution in [0.5, 0.6) is 0 Å². The van der Waals surface area contributed by atoms with Crippen molar-refractivity contribution in [1.29, 1.82) is 0 Å². The van der Waals surface area contributed by atoms with Crippen LogP contribution >= 0.6 is 0 Å². The van der Waals surface area contributed by atoms with E-state index in [-0.39, 0.29) is 0 Å². The Bertz CT molecular complexity index is 3850. The molecule has 0 N–H and O–H groups in total. The van der Waals surface area contributed by atoms with Crippen LogP contribution in [0, 0.1) is 0 Å². The van der Waals surface area contributed by atoms with Gasteiger partial charge in [-0.2, -0.15) is 0 Å². The molecule has 0 aromatic heterocycles. The molecule has 0 amide bonds. The molecule has 0 aliphatic heterocycles. The van der Waals surface area contributed by atoms with Crippen LogP contribution in [-0.2, 0) is 5.41 Å². The number of anilines is 3. The predicted molar refractivity (Wildman–Crippen MR) is 303 cm³/mol. The quantitative estimate of drug-likeness (QED) is 0.132. The smallest absolute Gasteiger partial charge is 0.0713 e. The minimum atomic E-state index is -0.464. The van der Waals surface area contributed by atoms with Crippen molar-refractivity contribution in [2.24, 2.45) is 0 Å². The molecule has 72 heavy (non-hydrogen) atoms. The van der Waals surface area contributed by atoms with Crippen LogP contribution in [-0.4, -0.2) is 0 Å². The van der Waals surface area contributed by atoms with Crippen LogP contribution < -0.4 is 4.90 Å². The van der Waals surface area contributed by atoms with Crippen molar-refractivity contribution in [2.45, 2.75) is 5.41 Å². The number of hydrogen-bond acceptors (Lipinski definition) is 1. The zero-order valence-corrected chi connectivity index (χ0v) is 39.7. The lowest BCUT2D eigenvalue weighted by Crippen LogP contribution is -2.28. The van der Waals surface area contributed by atoms with Gasteiger partial charge in [-0.25, -0.2) is 0 Å². The summed E-state index contributed by atoms with van der Waals surface area (Å²) in [6.07, 6.45) is 0. The van der Waals surface area contributed by atoms with Crippen LogP contribution in [0.4, 0.5) is 17.1 Å². The van der Waals surface area contributed by atoms with Gasteiger partial charge < -0.3 is 4.90 Å². The number of nitrogens with zero attached hydrogens (tertiary/aromatic N) is 1. The molecule has 0 spiro atoms. The molecule has 0 unspecified atom stereocenters. The first kappa shape index (κ1) is 42.8. The van der Waals surface area contributed by atoms with E-state index >= 15 is 0 Å². The molecule has 1 nitrogen and oxygen atoms in total. The van der Waals surface area contributed by atoms with Gasteiger partial charge in [0.2, 0.25) is 0 Å². The highest BCUT2D eigenvalue weighted by Crippen LogP contribution is 2.57. The minimum absolute atomic E-state index is 0.464. The van der Waals surface area contributed by atoms with Crippen LogP contribution in [0.2, 0.25) is 0 Å². The van der Waals surface area contributed by atoms with Gasteiger partial charge in [0.25, 0.3) is 0 Å². The molecule has 13 rings (SSSR count). The molecule has 0 saturated heterocycles. The molecular formula is C71H49N. The van der Waals surface area contributed by atoms with E-state index in [0.717, 1.165) is 22.6 Å². The van der Waals surface area contributed by atoms with Gasteiger partial charge in [-0.1, -0.05) is 249 Å². The average Bonchev–Trinajstić information content (AvgIpc) is 3.76. The predicted octanol–water partition coefficient (Wildman–Crippen LogP) is 19.0. The van der Waals surface area contributed by atoms with Crippen molar-refractivity contribution in [3.8, 4) is 66.8 Å². The van der Waals surface area contributed by atoms with E-state index in [2.05, 4.69) is 302 Å². The Morgan fingerprint density at radius 2 is 0.667 bits per heavy atom. The lowest BCUT2D eigenvalue weighted by Gasteiger charge is -2.34. The molecule has 12 aromatic rings. The molecule has 0 fully saturated rings. The van der Waals surface area contributed by atoms with E-state index in [4.69, 9.17) is 0 Å². The molecule has 338 valence electrons. The topological polar surface area (TPSA) is 3.24 Å². The van der Waals surface area contributed by atoms with Gasteiger partial charge in [0.1, 0.15) is 0 Å². The second-order valence-electron chi connectivity index (χ2n) is 18.8. The Balaban J connectivity index is 0.915. The standard InChI is InChI=1S/C71H49N/c1-4-19-51(20-5-1)63-32-12-13-33-65(63)53-39-44-61(45-40-53)72(62-30-17-24-55(48-62)54-23-16-25-57(47-54)66-35-18-22-52-21-10-11-31-64(52)66)60-42-37-50(38-43-60)56-41-46-68-67-34-14-15-36-69(67)71(70(68)49-56,58-26-6-2-7-27-58)59-28-8-3-9-29-59/h1-49H. The highest BCUT2D eigenvalue weighted by atomic mass is 15.1. The van der Waals surface area contributed by atoms with E-state index in [1.165, 1.54) is 94.2 Å². The fourth-order valence-electron chi connectivity index (χ4n) is 11.4. The second kappa shape index (κ2) is 18.2. The number of benzene rings is 12. The van der Waals surface area contributed by atoms with E-state index in [0.29, 0.717) is 0 Å². The normalized spacial score (nSPS) is 12.3. The van der Waals surface area contributed by atoms with Crippen molar-refractivity contribution in [1.82, 2.24) is 0 Å². The van der Waals surface area contributed by atoms with Gasteiger partial charge in [0.05, 0.1) is 5.41 Å². The van der Waals surface area contributed by atoms with Crippen molar-refractivity contribution < 1.29 is 0 Å². The van der Waals surface area contributed by atoms with E-state index in [9.17, 15) is 0 Å². The third kappa shape index (κ3) is 7.42. The van der Waals surface area contributed by atoms with Gasteiger partial charge in [0, 0.05) is 17.1 Å². The molecule has 1 heteroatoms. The third-order valence-electron chi connectivity index (χ3n) is 14.8. The molecule has 0 heterocycles. The zero-order chi connectivity index (χ0) is 47.8. The number of rotatable bonds is 10. The maximum absolute atomic E-state index is 2.45. The van der Waals surface area contributed by atoms with E-state index in [1.54, 1.807) is 0 Å². The SMILES string of the molecule is c1ccc(-c2ccccc2-c2ccc(N(c3ccc(-c4ccc5c(c4)C(c4ccccc4)(c4ccccc4)c4ccccc4-5)cc3)c3cccc(-c4cccc(-c5cccc6ccccc56)c4)c3)cc2)cc1. The van der Waals surface area contributed by atoms with Crippen LogP contribution in [0.25, 0.3) is 77.5 Å². The molecule has 1 aliphatic rings. The zero-order valence-electron chi connectivity index (χ0n) is 39.7. The third-order valence-corrected chi connectivity index (χ3v) is 14.8. The Labute approximate surface area is 422 Å². The molecule has 0 atom stereocenters. The van der Waals surface area contributed by atoms with Crippen molar-refractivity contribution in [3.63, 3.8) is 0 Å². The Morgan fingerprint density at radius 3 is 1.36 bits per heavy atom. The summed E-state index contributed by atoms with van der Waals surface area (Å²) in [5, 5.41) is 2.50. The van der Waals surface area contributed by atoms with E-state index in [1.807, 2.05) is 0 Å². The second-order valence-corrected chi connectivity index (χ2v) is 18.8. The van der Waals surface area contributed by atoms with Crippen LogP contribution in [0.15, 0.2) is 297 Å². The molecule has 12 aromatic carbocycles. The molecule has 0 saturated carbocycles. The summed E-state index contributed by atoms with van der Waals surface area (Å²) in [5.41, 5.74) is 22.4. The largest absolute Gasteiger partial charge is 0.310 e. The van der Waals surface area contributed by atoms with Gasteiger partial charge in [-0.05, 0) is 148 Å². The summed E-state index contributed by atoms with van der Waals surface area (Å²) >= 11 is 0. The summed E-state index contributed by atoms with van der Waals surface area (Å²) in [4.78, 5) is 2.39. The molecular weight excluding hydrogens is 867 g/mol. The number of fused-ring (bicyclic) bond motifs is 4.